The number of carbonyl (C=O) groups is 1. The van der Waals surface area contributed by atoms with Gasteiger partial charge in [-0.15, -0.1) is 0 Å². The predicted molar refractivity (Wildman–Crippen MR) is 150 cm³/mol. The van der Waals surface area contributed by atoms with E-state index in [-0.39, 0.29) is 18.2 Å². The highest BCUT2D eigenvalue weighted by Gasteiger charge is 2.15. The zero-order valence-corrected chi connectivity index (χ0v) is 21.5. The van der Waals surface area contributed by atoms with Gasteiger partial charge >= 0.3 is 0 Å². The van der Waals surface area contributed by atoms with Crippen molar-refractivity contribution in [1.29, 1.82) is 0 Å². The number of Topliss-reactive ketones (excluding diaryl/α,β-unsaturated/α-hetero) is 1. The molecule has 0 amide bonds. The summed E-state index contributed by atoms with van der Waals surface area (Å²) >= 11 is 0. The number of aryl methyl sites for hydroxylation is 2. The van der Waals surface area contributed by atoms with Gasteiger partial charge in [0, 0.05) is 52.8 Å². The van der Waals surface area contributed by atoms with Crippen LogP contribution in [0.15, 0.2) is 91.5 Å². The summed E-state index contributed by atoms with van der Waals surface area (Å²) in [5, 5.41) is 1.22. The first-order chi connectivity index (χ1) is 19.1. The molecule has 1 N–H and O–H groups in total. The lowest BCUT2D eigenvalue weighted by atomic mass is 9.99. The molecule has 0 aliphatic carbocycles. The third-order valence-electron chi connectivity index (χ3n) is 6.98. The summed E-state index contributed by atoms with van der Waals surface area (Å²) in [5.41, 5.74) is 7.39. The van der Waals surface area contributed by atoms with Crippen molar-refractivity contribution in [2.24, 2.45) is 0 Å². The molecule has 6 nitrogen and oxygen atoms in total. The standard InChI is InChI=1S/C32H27FN4O2/c1-21-16-22(10-12-27(21)33)32-26(8-4-14-34-32)24-11-13-31-36-18-29(37(31)19-24)30(38)20-39-15-5-6-23-17-35-28-9-3-2-7-25(23)28/h2-4,7-14,16-19,35H,5-6,15,20H2,1H3. The zero-order valence-electron chi connectivity index (χ0n) is 21.5. The van der Waals surface area contributed by atoms with Crippen molar-refractivity contribution in [3.8, 4) is 22.4 Å². The Kier molecular flexibility index (Phi) is 6.73. The number of pyridine rings is 2. The van der Waals surface area contributed by atoms with E-state index in [0.717, 1.165) is 40.7 Å². The number of para-hydroxylation sites is 1. The first-order valence-electron chi connectivity index (χ1n) is 12.9. The topological polar surface area (TPSA) is 72.3 Å². The van der Waals surface area contributed by atoms with Crippen molar-refractivity contribution < 1.29 is 13.9 Å². The average molecular weight is 519 g/mol. The number of nitrogens with one attached hydrogen (secondary N) is 1. The Balaban J connectivity index is 1.16. The smallest absolute Gasteiger partial charge is 0.206 e. The van der Waals surface area contributed by atoms with E-state index in [2.05, 4.69) is 27.1 Å². The number of hydrogen-bond donors (Lipinski definition) is 1. The number of rotatable bonds is 9. The minimum atomic E-state index is -0.251. The van der Waals surface area contributed by atoms with Gasteiger partial charge in [0.2, 0.25) is 5.78 Å². The van der Waals surface area contributed by atoms with E-state index in [4.69, 9.17) is 4.74 Å². The molecule has 0 spiro atoms. The summed E-state index contributed by atoms with van der Waals surface area (Å²) < 4.78 is 21.4. The van der Waals surface area contributed by atoms with Crippen LogP contribution in [0.3, 0.4) is 0 Å². The molecule has 0 aliphatic rings. The van der Waals surface area contributed by atoms with E-state index in [9.17, 15) is 9.18 Å². The van der Waals surface area contributed by atoms with Gasteiger partial charge in [0.15, 0.2) is 0 Å². The SMILES string of the molecule is Cc1cc(-c2ncccc2-c2ccc3ncc(C(=O)COCCCc4c[nH]c5ccccc45)n3c2)ccc1F. The van der Waals surface area contributed by atoms with Crippen LogP contribution in [0, 0.1) is 12.7 Å². The fourth-order valence-corrected chi connectivity index (χ4v) is 4.95. The van der Waals surface area contributed by atoms with Gasteiger partial charge in [0.05, 0.1) is 11.9 Å². The molecule has 6 aromatic rings. The fourth-order valence-electron chi connectivity index (χ4n) is 4.95. The second-order valence-electron chi connectivity index (χ2n) is 9.59. The highest BCUT2D eigenvalue weighted by molar-refractivity contribution is 5.96. The van der Waals surface area contributed by atoms with Crippen LogP contribution in [-0.4, -0.2) is 38.3 Å². The van der Waals surface area contributed by atoms with Gasteiger partial charge in [0.25, 0.3) is 0 Å². The van der Waals surface area contributed by atoms with Crippen molar-refractivity contribution in [3.05, 3.63) is 114 Å². The van der Waals surface area contributed by atoms with E-state index in [1.54, 1.807) is 35.9 Å². The summed E-state index contributed by atoms with van der Waals surface area (Å²) in [6.45, 7) is 2.21. The summed E-state index contributed by atoms with van der Waals surface area (Å²) in [6.07, 6.45) is 8.93. The van der Waals surface area contributed by atoms with Gasteiger partial charge in [-0.05, 0) is 73.4 Å². The summed E-state index contributed by atoms with van der Waals surface area (Å²) in [4.78, 5) is 25.3. The molecule has 0 aliphatic heterocycles. The number of H-pyrrole nitrogens is 1. The van der Waals surface area contributed by atoms with Crippen LogP contribution in [0.25, 0.3) is 38.9 Å². The van der Waals surface area contributed by atoms with E-state index in [0.29, 0.717) is 23.5 Å². The lowest BCUT2D eigenvalue weighted by molar-refractivity contribution is 0.0750. The number of aromatic amines is 1. The molecule has 0 bridgehead atoms. The van der Waals surface area contributed by atoms with Gasteiger partial charge in [-0.1, -0.05) is 24.3 Å². The van der Waals surface area contributed by atoms with Crippen LogP contribution < -0.4 is 0 Å². The minimum Gasteiger partial charge on any atom is -0.373 e. The molecule has 0 radical (unpaired) electrons. The Morgan fingerprint density at radius 1 is 1.03 bits per heavy atom. The molecule has 0 atom stereocenters. The number of nitrogens with zero attached hydrogens (tertiary/aromatic N) is 3. The Morgan fingerprint density at radius 2 is 1.90 bits per heavy atom. The second-order valence-corrected chi connectivity index (χ2v) is 9.59. The zero-order chi connectivity index (χ0) is 26.8. The quantitative estimate of drug-likeness (QED) is 0.168. The molecule has 2 aromatic carbocycles. The van der Waals surface area contributed by atoms with Crippen LogP contribution in [0.5, 0.6) is 0 Å². The van der Waals surface area contributed by atoms with Gasteiger partial charge in [-0.25, -0.2) is 9.37 Å². The Bertz CT molecular complexity index is 1800. The summed E-state index contributed by atoms with van der Waals surface area (Å²) in [6, 6.07) is 20.9. The maximum absolute atomic E-state index is 13.9. The molecule has 6 rings (SSSR count). The molecule has 0 unspecified atom stereocenters. The van der Waals surface area contributed by atoms with Crippen molar-refractivity contribution in [3.63, 3.8) is 0 Å². The summed E-state index contributed by atoms with van der Waals surface area (Å²) in [7, 11) is 0. The third kappa shape index (κ3) is 4.96. The van der Waals surface area contributed by atoms with E-state index < -0.39 is 0 Å². The van der Waals surface area contributed by atoms with Gasteiger partial charge in [-0.3, -0.25) is 14.2 Å². The molecule has 0 saturated carbocycles. The molecular formula is C32H27FN4O2. The monoisotopic (exact) mass is 518 g/mol. The summed E-state index contributed by atoms with van der Waals surface area (Å²) in [5.74, 6) is -0.383. The maximum Gasteiger partial charge on any atom is 0.206 e. The number of benzene rings is 2. The Labute approximate surface area is 225 Å². The molecule has 194 valence electrons. The van der Waals surface area contributed by atoms with Crippen molar-refractivity contribution in [1.82, 2.24) is 19.4 Å². The lowest BCUT2D eigenvalue weighted by Crippen LogP contribution is -2.12. The number of imidazole rings is 1. The van der Waals surface area contributed by atoms with Gasteiger partial charge in [0.1, 0.15) is 23.8 Å². The number of ether oxygens (including phenoxy) is 1. The van der Waals surface area contributed by atoms with Crippen LogP contribution in [0.2, 0.25) is 0 Å². The van der Waals surface area contributed by atoms with Crippen LogP contribution >= 0.6 is 0 Å². The van der Waals surface area contributed by atoms with Crippen LogP contribution in [0.1, 0.15) is 28.0 Å². The van der Waals surface area contributed by atoms with E-state index >= 15 is 0 Å². The van der Waals surface area contributed by atoms with Crippen LogP contribution in [-0.2, 0) is 11.2 Å². The normalized spacial score (nSPS) is 11.4. The molecule has 0 saturated heterocycles. The molecular weight excluding hydrogens is 491 g/mol. The number of fused-ring (bicyclic) bond motifs is 2. The maximum atomic E-state index is 13.9. The molecule has 4 aromatic heterocycles. The molecule has 7 heteroatoms. The third-order valence-corrected chi connectivity index (χ3v) is 6.98. The Morgan fingerprint density at radius 3 is 2.79 bits per heavy atom. The first kappa shape index (κ1) is 24.7. The largest absolute Gasteiger partial charge is 0.373 e. The number of ketones is 1. The van der Waals surface area contributed by atoms with Crippen molar-refractivity contribution in [2.75, 3.05) is 13.2 Å². The van der Waals surface area contributed by atoms with Gasteiger partial charge < -0.3 is 9.72 Å². The number of carbonyl (C=O) groups excluding carboxylic acids is 1. The van der Waals surface area contributed by atoms with E-state index in [1.165, 1.54) is 17.0 Å². The van der Waals surface area contributed by atoms with E-state index in [1.807, 2.05) is 48.8 Å². The lowest BCUT2D eigenvalue weighted by Gasteiger charge is -2.11. The molecule has 4 heterocycles. The first-order valence-corrected chi connectivity index (χ1v) is 12.9. The number of aromatic nitrogens is 4. The fraction of sp³-hybridized carbons (Fsp3) is 0.156. The number of halogens is 1. The molecule has 39 heavy (non-hydrogen) atoms. The van der Waals surface area contributed by atoms with Crippen molar-refractivity contribution in [2.45, 2.75) is 19.8 Å². The minimum absolute atomic E-state index is 0.0150. The predicted octanol–water partition coefficient (Wildman–Crippen LogP) is 6.82. The highest BCUT2D eigenvalue weighted by atomic mass is 19.1. The van der Waals surface area contributed by atoms with Crippen LogP contribution in [0.4, 0.5) is 4.39 Å². The highest BCUT2D eigenvalue weighted by Crippen LogP contribution is 2.31. The number of hydrogen-bond acceptors (Lipinski definition) is 4. The second kappa shape index (κ2) is 10.6. The average Bonchev–Trinajstić information content (AvgIpc) is 3.58. The molecule has 0 fully saturated rings. The van der Waals surface area contributed by atoms with Crippen molar-refractivity contribution >= 4 is 22.3 Å². The Hall–Kier alpha value is -4.62. The van der Waals surface area contributed by atoms with Gasteiger partial charge in [-0.2, -0.15) is 0 Å².